The molecule has 0 bridgehead atoms. The van der Waals surface area contributed by atoms with Crippen LogP contribution in [0.5, 0.6) is 0 Å². The maximum absolute atomic E-state index is 9.52. The highest BCUT2D eigenvalue weighted by Crippen LogP contribution is 2.29. The zero-order chi connectivity index (χ0) is 16.4. The average Bonchev–Trinajstić information content (AvgIpc) is 2.62. The van der Waals surface area contributed by atoms with Gasteiger partial charge in [0, 0.05) is 13.0 Å². The molecule has 0 N–H and O–H groups in total. The van der Waals surface area contributed by atoms with E-state index in [0.29, 0.717) is 13.0 Å². The van der Waals surface area contributed by atoms with E-state index in [1.54, 1.807) is 0 Å². The van der Waals surface area contributed by atoms with Crippen molar-refractivity contribution in [2.45, 2.75) is 57.5 Å². The second-order valence-electron chi connectivity index (χ2n) is 6.18. The fourth-order valence-corrected chi connectivity index (χ4v) is 2.83. The number of hydrogen-bond acceptors (Lipinski definition) is 2. The van der Waals surface area contributed by atoms with Gasteiger partial charge in [0.15, 0.2) is 5.60 Å². The molecular formula is C21H27NO. The van der Waals surface area contributed by atoms with Crippen LogP contribution in [0.1, 0.15) is 57.4 Å². The second-order valence-corrected chi connectivity index (χ2v) is 6.18. The Hall–Kier alpha value is -1.85. The van der Waals surface area contributed by atoms with E-state index in [2.05, 4.69) is 31.2 Å². The van der Waals surface area contributed by atoms with Gasteiger partial charge in [0.25, 0.3) is 0 Å². The first-order chi connectivity index (χ1) is 11.3. The van der Waals surface area contributed by atoms with Gasteiger partial charge in [-0.05, 0) is 23.6 Å². The highest BCUT2D eigenvalue weighted by molar-refractivity contribution is 5.75. The molecular weight excluding hydrogens is 282 g/mol. The number of allylic oxidation sites excluding steroid dienone is 2. The van der Waals surface area contributed by atoms with Crippen molar-refractivity contribution in [1.82, 2.24) is 0 Å². The molecule has 0 aliphatic heterocycles. The molecule has 0 heterocycles. The van der Waals surface area contributed by atoms with Crippen molar-refractivity contribution in [1.29, 1.82) is 5.26 Å². The van der Waals surface area contributed by atoms with Gasteiger partial charge in [-0.1, -0.05) is 81.5 Å². The van der Waals surface area contributed by atoms with Crippen LogP contribution < -0.4 is 0 Å². The van der Waals surface area contributed by atoms with Crippen molar-refractivity contribution in [2.24, 2.45) is 0 Å². The van der Waals surface area contributed by atoms with Crippen LogP contribution in [0.25, 0.3) is 5.57 Å². The molecule has 2 heteroatoms. The number of nitriles is 1. The summed E-state index contributed by atoms with van der Waals surface area (Å²) >= 11 is 0. The number of benzene rings is 1. The fraction of sp³-hybridized carbons (Fsp3) is 0.476. The number of rotatable bonds is 9. The Labute approximate surface area is 140 Å². The minimum absolute atomic E-state index is 0.625. The third-order valence-corrected chi connectivity index (χ3v) is 4.31. The summed E-state index contributed by atoms with van der Waals surface area (Å²) in [5, 5.41) is 9.52. The molecule has 0 fully saturated rings. The SMILES string of the molecule is CCCCCCCCOC1(C#N)C=CC(c2ccccc2)=CC1. The Morgan fingerprint density at radius 2 is 1.83 bits per heavy atom. The molecule has 122 valence electrons. The van der Waals surface area contributed by atoms with Gasteiger partial charge in [0.2, 0.25) is 0 Å². The number of nitrogens with zero attached hydrogens (tertiary/aromatic N) is 1. The molecule has 1 unspecified atom stereocenters. The van der Waals surface area contributed by atoms with Crippen molar-refractivity contribution in [3.05, 3.63) is 54.1 Å². The van der Waals surface area contributed by atoms with E-state index in [9.17, 15) is 5.26 Å². The van der Waals surface area contributed by atoms with Gasteiger partial charge in [0.05, 0.1) is 0 Å². The molecule has 0 aromatic heterocycles. The molecule has 2 nitrogen and oxygen atoms in total. The molecule has 0 saturated carbocycles. The molecule has 23 heavy (non-hydrogen) atoms. The molecule has 0 radical (unpaired) electrons. The summed E-state index contributed by atoms with van der Waals surface area (Å²) in [5.74, 6) is 0. The van der Waals surface area contributed by atoms with E-state index >= 15 is 0 Å². The molecule has 1 atom stereocenters. The lowest BCUT2D eigenvalue weighted by Crippen LogP contribution is -2.29. The number of unbranched alkanes of at least 4 members (excludes halogenated alkanes) is 5. The minimum Gasteiger partial charge on any atom is -0.356 e. The largest absolute Gasteiger partial charge is 0.356 e. The van der Waals surface area contributed by atoms with Crippen molar-refractivity contribution in [3.63, 3.8) is 0 Å². The molecule has 0 spiro atoms. The average molecular weight is 309 g/mol. The van der Waals surface area contributed by atoms with Crippen LogP contribution in [0.3, 0.4) is 0 Å². The van der Waals surface area contributed by atoms with Gasteiger partial charge in [-0.2, -0.15) is 5.26 Å². The van der Waals surface area contributed by atoms with E-state index in [0.717, 1.165) is 6.42 Å². The Morgan fingerprint density at radius 1 is 1.09 bits per heavy atom. The fourth-order valence-electron chi connectivity index (χ4n) is 2.83. The van der Waals surface area contributed by atoms with Crippen LogP contribution in [0.15, 0.2) is 48.6 Å². The highest BCUT2D eigenvalue weighted by atomic mass is 16.5. The zero-order valence-electron chi connectivity index (χ0n) is 14.1. The molecule has 1 aliphatic carbocycles. The Kier molecular flexibility index (Phi) is 7.10. The molecule has 1 aromatic carbocycles. The maximum Gasteiger partial charge on any atom is 0.176 e. The van der Waals surface area contributed by atoms with Crippen LogP contribution in [0.4, 0.5) is 0 Å². The number of hydrogen-bond donors (Lipinski definition) is 0. The van der Waals surface area contributed by atoms with E-state index in [1.807, 2.05) is 30.4 Å². The van der Waals surface area contributed by atoms with Gasteiger partial charge in [-0.15, -0.1) is 0 Å². The summed E-state index contributed by atoms with van der Waals surface area (Å²) in [4.78, 5) is 0. The lowest BCUT2D eigenvalue weighted by molar-refractivity contribution is 0.0323. The molecule has 0 saturated heterocycles. The standard InChI is InChI=1S/C21H27NO/c1-2-3-4-5-6-10-17-23-21(18-22)15-13-20(14-16-21)19-11-8-7-9-12-19/h7-9,11-15H,2-6,10,16-17H2,1H3. The lowest BCUT2D eigenvalue weighted by atomic mass is 9.90. The van der Waals surface area contributed by atoms with E-state index < -0.39 is 5.60 Å². The molecule has 2 rings (SSSR count). The summed E-state index contributed by atoms with van der Waals surface area (Å²) in [5.41, 5.74) is 1.58. The van der Waals surface area contributed by atoms with Crippen LogP contribution in [-0.2, 0) is 4.74 Å². The van der Waals surface area contributed by atoms with E-state index in [4.69, 9.17) is 4.74 Å². The molecule has 0 amide bonds. The third-order valence-electron chi connectivity index (χ3n) is 4.31. The van der Waals surface area contributed by atoms with Crippen LogP contribution in [-0.4, -0.2) is 12.2 Å². The zero-order valence-corrected chi connectivity index (χ0v) is 14.1. The van der Waals surface area contributed by atoms with Gasteiger partial charge >= 0.3 is 0 Å². The first-order valence-electron chi connectivity index (χ1n) is 8.80. The second kappa shape index (κ2) is 9.33. The van der Waals surface area contributed by atoms with E-state index in [-0.39, 0.29) is 0 Å². The Morgan fingerprint density at radius 3 is 2.48 bits per heavy atom. The van der Waals surface area contributed by atoms with Gasteiger partial charge in [0.1, 0.15) is 6.07 Å². The van der Waals surface area contributed by atoms with Crippen molar-refractivity contribution in [2.75, 3.05) is 6.61 Å². The summed E-state index contributed by atoms with van der Waals surface area (Å²) in [6, 6.07) is 12.6. The first-order valence-corrected chi connectivity index (χ1v) is 8.80. The highest BCUT2D eigenvalue weighted by Gasteiger charge is 2.29. The van der Waals surface area contributed by atoms with Gasteiger partial charge in [-0.3, -0.25) is 0 Å². The van der Waals surface area contributed by atoms with Gasteiger partial charge in [-0.25, -0.2) is 0 Å². The third kappa shape index (κ3) is 5.37. The smallest absolute Gasteiger partial charge is 0.176 e. The maximum atomic E-state index is 9.52. The number of ether oxygens (including phenoxy) is 1. The summed E-state index contributed by atoms with van der Waals surface area (Å²) < 4.78 is 5.92. The Balaban J connectivity index is 1.79. The molecule has 1 aliphatic rings. The van der Waals surface area contributed by atoms with E-state index in [1.165, 1.54) is 43.2 Å². The summed E-state index contributed by atoms with van der Waals surface area (Å²) in [6.07, 6.45) is 14.1. The topological polar surface area (TPSA) is 33.0 Å². The van der Waals surface area contributed by atoms with Crippen LogP contribution >= 0.6 is 0 Å². The van der Waals surface area contributed by atoms with Gasteiger partial charge < -0.3 is 4.74 Å². The monoisotopic (exact) mass is 309 g/mol. The van der Waals surface area contributed by atoms with Crippen molar-refractivity contribution >= 4 is 5.57 Å². The Bertz CT molecular complexity index is 567. The van der Waals surface area contributed by atoms with Crippen molar-refractivity contribution in [3.8, 4) is 6.07 Å². The van der Waals surface area contributed by atoms with Crippen LogP contribution in [0, 0.1) is 11.3 Å². The first kappa shape index (κ1) is 17.5. The quantitative estimate of drug-likeness (QED) is 0.551. The summed E-state index contributed by atoms with van der Waals surface area (Å²) in [7, 11) is 0. The summed E-state index contributed by atoms with van der Waals surface area (Å²) in [6.45, 7) is 2.89. The van der Waals surface area contributed by atoms with Crippen molar-refractivity contribution < 1.29 is 4.74 Å². The van der Waals surface area contributed by atoms with Crippen LogP contribution in [0.2, 0.25) is 0 Å². The predicted octanol–water partition coefficient (Wildman–Crippen LogP) is 5.67. The predicted molar refractivity (Wildman–Crippen MR) is 95.8 cm³/mol. The lowest BCUT2D eigenvalue weighted by Gasteiger charge is -2.25. The minimum atomic E-state index is -0.776. The normalized spacial score (nSPS) is 20.1. The molecule has 1 aromatic rings.